The molecule has 118 valence electrons. The van der Waals surface area contributed by atoms with Crippen molar-refractivity contribution < 1.29 is 14.4 Å². The zero-order valence-electron chi connectivity index (χ0n) is 12.7. The van der Waals surface area contributed by atoms with Gasteiger partial charge in [-0.15, -0.1) is 11.3 Å². The molecule has 1 aliphatic rings. The van der Waals surface area contributed by atoms with Crippen molar-refractivity contribution in [1.82, 2.24) is 20.0 Å². The number of likely N-dealkylation sites (tertiary alicyclic amines) is 1. The molecule has 0 aromatic carbocycles. The van der Waals surface area contributed by atoms with E-state index in [-0.39, 0.29) is 23.7 Å². The zero-order valence-corrected chi connectivity index (χ0v) is 13.6. The lowest BCUT2D eigenvalue weighted by molar-refractivity contribution is 0.0420. The van der Waals surface area contributed by atoms with Crippen LogP contribution in [0.1, 0.15) is 50.0 Å². The van der Waals surface area contributed by atoms with Gasteiger partial charge in [0.1, 0.15) is 11.3 Å². The smallest absolute Gasteiger partial charge is 0.273 e. The van der Waals surface area contributed by atoms with Crippen molar-refractivity contribution in [3.63, 3.8) is 0 Å². The van der Waals surface area contributed by atoms with Crippen LogP contribution in [0, 0.1) is 0 Å². The van der Waals surface area contributed by atoms with Crippen LogP contribution >= 0.6 is 11.3 Å². The summed E-state index contributed by atoms with van der Waals surface area (Å²) in [5.74, 6) is 0.355. The summed E-state index contributed by atoms with van der Waals surface area (Å²) in [4.78, 5) is 22.7. The molecule has 3 rings (SSSR count). The molecule has 1 unspecified atom stereocenters. The Hall–Kier alpha value is -1.80. The number of amides is 1. The Labute approximate surface area is 132 Å². The summed E-state index contributed by atoms with van der Waals surface area (Å²) in [5, 5.41) is 15.9. The first-order valence-electron chi connectivity index (χ1n) is 7.19. The van der Waals surface area contributed by atoms with Gasteiger partial charge in [-0.25, -0.2) is 4.98 Å². The third kappa shape index (κ3) is 2.76. The van der Waals surface area contributed by atoms with E-state index in [1.54, 1.807) is 19.2 Å². The summed E-state index contributed by atoms with van der Waals surface area (Å²) >= 11 is 1.29. The molecule has 1 saturated heterocycles. The van der Waals surface area contributed by atoms with Gasteiger partial charge < -0.3 is 14.5 Å². The summed E-state index contributed by atoms with van der Waals surface area (Å²) in [6.07, 6.45) is 2.06. The third-order valence-electron chi connectivity index (χ3n) is 3.68. The van der Waals surface area contributed by atoms with E-state index >= 15 is 0 Å². The highest BCUT2D eigenvalue weighted by atomic mass is 32.1. The Balaban J connectivity index is 1.82. The van der Waals surface area contributed by atoms with Crippen LogP contribution < -0.4 is 0 Å². The first-order chi connectivity index (χ1) is 10.4. The predicted octanol–water partition coefficient (Wildman–Crippen LogP) is 2.05. The Morgan fingerprint density at radius 3 is 2.86 bits per heavy atom. The van der Waals surface area contributed by atoms with Gasteiger partial charge in [0.2, 0.25) is 5.82 Å². The second kappa shape index (κ2) is 5.44. The summed E-state index contributed by atoms with van der Waals surface area (Å²) in [6.45, 7) is 5.95. The van der Waals surface area contributed by atoms with Gasteiger partial charge in [-0.2, -0.15) is 4.98 Å². The second-order valence-electron chi connectivity index (χ2n) is 6.01. The fraction of sp³-hybridized carbons (Fsp3) is 0.571. The number of aromatic nitrogens is 3. The number of carbonyl (C=O) groups is 1. The standard InChI is InChI=1S/C14H18N4O3S/c1-8-5-4-6-18(8)12(19)9-7-22-11(15-9)10-16-13(21-17-10)14(2,3)20/h7-8,20H,4-6H2,1-3H3. The van der Waals surface area contributed by atoms with Gasteiger partial charge >= 0.3 is 0 Å². The molecule has 0 spiro atoms. The molecule has 22 heavy (non-hydrogen) atoms. The van der Waals surface area contributed by atoms with E-state index < -0.39 is 5.60 Å². The molecule has 0 saturated carbocycles. The summed E-state index contributed by atoms with van der Waals surface area (Å²) in [5.41, 5.74) is -0.796. The maximum atomic E-state index is 12.4. The van der Waals surface area contributed by atoms with Crippen molar-refractivity contribution in [2.45, 2.75) is 45.3 Å². The molecule has 0 radical (unpaired) electrons. The molecular weight excluding hydrogens is 304 g/mol. The molecule has 1 amide bonds. The summed E-state index contributed by atoms with van der Waals surface area (Å²) in [6, 6.07) is 0.254. The molecule has 3 heterocycles. The Morgan fingerprint density at radius 2 is 2.27 bits per heavy atom. The number of hydrogen-bond donors (Lipinski definition) is 1. The predicted molar refractivity (Wildman–Crippen MR) is 80.4 cm³/mol. The molecule has 1 N–H and O–H groups in total. The summed E-state index contributed by atoms with van der Waals surface area (Å²) < 4.78 is 5.03. The highest BCUT2D eigenvalue weighted by Gasteiger charge is 2.29. The van der Waals surface area contributed by atoms with Crippen LogP contribution in [0.2, 0.25) is 0 Å². The lowest BCUT2D eigenvalue weighted by Gasteiger charge is -2.19. The summed E-state index contributed by atoms with van der Waals surface area (Å²) in [7, 11) is 0. The second-order valence-corrected chi connectivity index (χ2v) is 6.87. The van der Waals surface area contributed by atoms with E-state index in [1.807, 2.05) is 11.8 Å². The van der Waals surface area contributed by atoms with Crippen LogP contribution in [0.15, 0.2) is 9.90 Å². The van der Waals surface area contributed by atoms with Crippen LogP contribution in [0.25, 0.3) is 10.8 Å². The van der Waals surface area contributed by atoms with Gasteiger partial charge in [-0.1, -0.05) is 5.16 Å². The fourth-order valence-corrected chi connectivity index (χ4v) is 3.13. The van der Waals surface area contributed by atoms with Crippen molar-refractivity contribution >= 4 is 17.2 Å². The normalized spacial score (nSPS) is 18.9. The quantitative estimate of drug-likeness (QED) is 0.929. The Morgan fingerprint density at radius 1 is 1.50 bits per heavy atom. The monoisotopic (exact) mass is 322 g/mol. The molecule has 8 heteroatoms. The van der Waals surface area contributed by atoms with E-state index in [1.165, 1.54) is 11.3 Å². The zero-order chi connectivity index (χ0) is 15.9. The van der Waals surface area contributed by atoms with Crippen LogP contribution in [0.3, 0.4) is 0 Å². The van der Waals surface area contributed by atoms with Gasteiger partial charge in [-0.3, -0.25) is 4.79 Å². The number of aliphatic hydroxyl groups is 1. The number of nitrogens with zero attached hydrogens (tertiary/aromatic N) is 4. The first-order valence-corrected chi connectivity index (χ1v) is 8.07. The molecule has 2 aromatic rings. The van der Waals surface area contributed by atoms with Gasteiger partial charge in [0, 0.05) is 18.0 Å². The van der Waals surface area contributed by atoms with Crippen molar-refractivity contribution in [3.05, 3.63) is 17.0 Å². The van der Waals surface area contributed by atoms with Gasteiger partial charge in [0.25, 0.3) is 11.8 Å². The van der Waals surface area contributed by atoms with Crippen LogP contribution in [-0.4, -0.2) is 43.6 Å². The molecule has 7 nitrogen and oxygen atoms in total. The number of rotatable bonds is 3. The molecule has 1 fully saturated rings. The fourth-order valence-electron chi connectivity index (χ4n) is 2.42. The maximum absolute atomic E-state index is 12.4. The molecular formula is C14H18N4O3S. The SMILES string of the molecule is CC1CCCN1C(=O)c1csc(-c2noc(C(C)(C)O)n2)n1. The molecule has 1 atom stereocenters. The Kier molecular flexibility index (Phi) is 3.73. The van der Waals surface area contributed by atoms with Gasteiger partial charge in [0.15, 0.2) is 5.01 Å². The lowest BCUT2D eigenvalue weighted by atomic mass is 10.1. The average molecular weight is 322 g/mol. The molecule has 2 aromatic heterocycles. The van der Waals surface area contributed by atoms with Crippen LogP contribution in [-0.2, 0) is 5.60 Å². The van der Waals surface area contributed by atoms with E-state index in [4.69, 9.17) is 4.52 Å². The maximum Gasteiger partial charge on any atom is 0.273 e. The van der Waals surface area contributed by atoms with E-state index in [0.29, 0.717) is 10.7 Å². The van der Waals surface area contributed by atoms with Crippen LogP contribution in [0.4, 0.5) is 0 Å². The third-order valence-corrected chi connectivity index (χ3v) is 4.52. The van der Waals surface area contributed by atoms with Crippen molar-refractivity contribution in [2.24, 2.45) is 0 Å². The minimum atomic E-state index is -1.20. The first kappa shape index (κ1) is 15.1. The number of thiazole rings is 1. The van der Waals surface area contributed by atoms with E-state index in [0.717, 1.165) is 19.4 Å². The van der Waals surface area contributed by atoms with Crippen molar-refractivity contribution in [2.75, 3.05) is 6.54 Å². The lowest BCUT2D eigenvalue weighted by Crippen LogP contribution is -2.33. The average Bonchev–Trinajstić information content (AvgIpc) is 3.16. The van der Waals surface area contributed by atoms with Crippen LogP contribution in [0.5, 0.6) is 0 Å². The minimum Gasteiger partial charge on any atom is -0.381 e. The van der Waals surface area contributed by atoms with Crippen molar-refractivity contribution in [1.29, 1.82) is 0 Å². The number of hydrogen-bond acceptors (Lipinski definition) is 7. The minimum absolute atomic E-state index is 0.0568. The molecule has 0 aliphatic carbocycles. The highest BCUT2D eigenvalue weighted by molar-refractivity contribution is 7.13. The van der Waals surface area contributed by atoms with Gasteiger partial charge in [0.05, 0.1) is 0 Å². The Bertz CT molecular complexity index is 688. The number of carbonyl (C=O) groups excluding carboxylic acids is 1. The molecule has 1 aliphatic heterocycles. The largest absolute Gasteiger partial charge is 0.381 e. The molecule has 0 bridgehead atoms. The highest BCUT2D eigenvalue weighted by Crippen LogP contribution is 2.26. The van der Waals surface area contributed by atoms with Crippen molar-refractivity contribution in [3.8, 4) is 10.8 Å². The van der Waals surface area contributed by atoms with E-state index in [9.17, 15) is 9.90 Å². The topological polar surface area (TPSA) is 92.4 Å². The van der Waals surface area contributed by atoms with E-state index in [2.05, 4.69) is 15.1 Å². The van der Waals surface area contributed by atoms with Gasteiger partial charge in [-0.05, 0) is 33.6 Å².